The summed E-state index contributed by atoms with van der Waals surface area (Å²) < 4.78 is 9.91. The zero-order chi connectivity index (χ0) is 7.98. The molecule has 4 nitrogen and oxygen atoms in total. The molecule has 10 heavy (non-hydrogen) atoms. The minimum absolute atomic E-state index is 0.153. The van der Waals surface area contributed by atoms with E-state index in [2.05, 4.69) is 4.84 Å². The van der Waals surface area contributed by atoms with Gasteiger partial charge in [0.1, 0.15) is 0 Å². The molecule has 0 aliphatic carbocycles. The van der Waals surface area contributed by atoms with Crippen molar-refractivity contribution in [2.24, 2.45) is 11.8 Å². The summed E-state index contributed by atoms with van der Waals surface area (Å²) in [6, 6.07) is 0. The maximum atomic E-state index is 4.96. The summed E-state index contributed by atoms with van der Waals surface area (Å²) in [6.45, 7) is 2.37. The van der Waals surface area contributed by atoms with Gasteiger partial charge in [0.25, 0.3) is 0 Å². The van der Waals surface area contributed by atoms with Gasteiger partial charge in [0.2, 0.25) is 0 Å². The lowest BCUT2D eigenvalue weighted by molar-refractivity contribution is -0.146. The summed E-state index contributed by atoms with van der Waals surface area (Å²) in [5.74, 6) is 5.02. The molecule has 1 unspecified atom stereocenters. The van der Waals surface area contributed by atoms with Crippen LogP contribution >= 0.6 is 0 Å². The van der Waals surface area contributed by atoms with Gasteiger partial charge < -0.3 is 14.3 Å². The highest BCUT2D eigenvalue weighted by molar-refractivity contribution is 4.53. The predicted molar refractivity (Wildman–Crippen MR) is 37.1 cm³/mol. The van der Waals surface area contributed by atoms with E-state index >= 15 is 0 Å². The topological polar surface area (TPSA) is 53.7 Å². The van der Waals surface area contributed by atoms with E-state index in [9.17, 15) is 0 Å². The van der Waals surface area contributed by atoms with Crippen LogP contribution in [0.2, 0.25) is 0 Å². The Labute approximate surface area is 61.2 Å². The summed E-state index contributed by atoms with van der Waals surface area (Å²) in [5.41, 5.74) is 0. The number of hydrogen-bond acceptors (Lipinski definition) is 4. The Hall–Kier alpha value is -0.160. The summed E-state index contributed by atoms with van der Waals surface area (Å²) in [6.07, 6.45) is -0.233. The molecule has 0 spiro atoms. The van der Waals surface area contributed by atoms with Crippen molar-refractivity contribution in [2.75, 3.05) is 20.8 Å². The molecule has 0 radical (unpaired) electrons. The van der Waals surface area contributed by atoms with Crippen LogP contribution in [0.3, 0.4) is 0 Å². The first-order chi connectivity index (χ1) is 4.76. The third-order valence-electron chi connectivity index (χ3n) is 1.29. The van der Waals surface area contributed by atoms with Crippen molar-refractivity contribution in [3.8, 4) is 0 Å². The van der Waals surface area contributed by atoms with Gasteiger partial charge in [-0.3, -0.25) is 0 Å². The van der Waals surface area contributed by atoms with Gasteiger partial charge in [-0.1, -0.05) is 6.92 Å². The lowest BCUT2D eigenvalue weighted by atomic mass is 10.2. The molecule has 62 valence electrons. The third-order valence-corrected chi connectivity index (χ3v) is 1.29. The fourth-order valence-electron chi connectivity index (χ4n) is 0.791. The lowest BCUT2D eigenvalue weighted by Crippen LogP contribution is -2.27. The van der Waals surface area contributed by atoms with Gasteiger partial charge in [0, 0.05) is 20.1 Å². The van der Waals surface area contributed by atoms with Gasteiger partial charge in [-0.15, -0.1) is 0 Å². The molecule has 0 fully saturated rings. The van der Waals surface area contributed by atoms with Crippen LogP contribution in [0.1, 0.15) is 6.92 Å². The average molecular weight is 149 g/mol. The van der Waals surface area contributed by atoms with Crippen LogP contribution in [-0.4, -0.2) is 27.1 Å². The van der Waals surface area contributed by atoms with Crippen LogP contribution in [0.15, 0.2) is 0 Å². The second-order valence-corrected chi connectivity index (χ2v) is 2.15. The Balaban J connectivity index is 3.53. The van der Waals surface area contributed by atoms with Crippen LogP contribution in [0, 0.1) is 5.92 Å². The normalized spacial score (nSPS) is 14.1. The average Bonchev–Trinajstić information content (AvgIpc) is 1.91. The smallest absolute Gasteiger partial charge is 0.161 e. The van der Waals surface area contributed by atoms with Crippen LogP contribution in [0.25, 0.3) is 0 Å². The quantitative estimate of drug-likeness (QED) is 0.446. The number of ether oxygens (including phenoxy) is 2. The van der Waals surface area contributed by atoms with Crippen molar-refractivity contribution in [1.82, 2.24) is 0 Å². The van der Waals surface area contributed by atoms with Gasteiger partial charge in [0.05, 0.1) is 6.61 Å². The van der Waals surface area contributed by atoms with Crippen molar-refractivity contribution >= 4 is 0 Å². The van der Waals surface area contributed by atoms with Crippen molar-refractivity contribution in [3.05, 3.63) is 0 Å². The highest BCUT2D eigenvalue weighted by atomic mass is 16.7. The second kappa shape index (κ2) is 5.61. The zero-order valence-corrected chi connectivity index (χ0v) is 6.66. The maximum absolute atomic E-state index is 4.96. The van der Waals surface area contributed by atoms with E-state index in [1.165, 1.54) is 0 Å². The first kappa shape index (κ1) is 9.84. The molecule has 1 atom stereocenters. The molecule has 4 heteroatoms. The summed E-state index contributed by atoms with van der Waals surface area (Å²) >= 11 is 0. The van der Waals surface area contributed by atoms with E-state index in [1.807, 2.05) is 6.92 Å². The Morgan fingerprint density at radius 3 is 2.10 bits per heavy atom. The standard InChI is InChI=1S/C6H15NO3/c1-5(4-10-7)6(8-2)9-3/h5-6H,4,7H2,1-3H3. The predicted octanol–water partition coefficient (Wildman–Crippen LogP) is 0.132. The van der Waals surface area contributed by atoms with E-state index in [1.54, 1.807) is 14.2 Å². The Bertz CT molecular complexity index is 75.4. The molecular weight excluding hydrogens is 134 g/mol. The number of hydrogen-bond donors (Lipinski definition) is 1. The Kier molecular flexibility index (Phi) is 5.52. The Morgan fingerprint density at radius 1 is 1.30 bits per heavy atom. The largest absolute Gasteiger partial charge is 0.356 e. The van der Waals surface area contributed by atoms with Gasteiger partial charge >= 0.3 is 0 Å². The van der Waals surface area contributed by atoms with Crippen molar-refractivity contribution in [1.29, 1.82) is 0 Å². The molecule has 0 heterocycles. The van der Waals surface area contributed by atoms with Crippen molar-refractivity contribution < 1.29 is 14.3 Å². The van der Waals surface area contributed by atoms with Crippen LogP contribution in [0.4, 0.5) is 0 Å². The molecule has 0 aliphatic heterocycles. The molecule has 0 amide bonds. The molecule has 0 aliphatic rings. The summed E-state index contributed by atoms with van der Waals surface area (Å²) in [5, 5.41) is 0. The summed E-state index contributed by atoms with van der Waals surface area (Å²) in [4.78, 5) is 4.43. The van der Waals surface area contributed by atoms with Crippen LogP contribution in [0.5, 0.6) is 0 Å². The fraction of sp³-hybridized carbons (Fsp3) is 1.00. The number of nitrogens with two attached hydrogens (primary N) is 1. The van der Waals surface area contributed by atoms with Gasteiger partial charge in [-0.2, -0.15) is 0 Å². The minimum atomic E-state index is -0.233. The first-order valence-corrected chi connectivity index (χ1v) is 3.13. The van der Waals surface area contributed by atoms with E-state index in [4.69, 9.17) is 15.4 Å². The third kappa shape index (κ3) is 3.12. The second-order valence-electron chi connectivity index (χ2n) is 2.15. The molecule has 0 aromatic rings. The molecule has 0 rings (SSSR count). The highest BCUT2D eigenvalue weighted by Crippen LogP contribution is 2.06. The van der Waals surface area contributed by atoms with Crippen LogP contribution < -0.4 is 5.90 Å². The molecule has 0 aromatic carbocycles. The first-order valence-electron chi connectivity index (χ1n) is 3.13. The summed E-state index contributed by atoms with van der Waals surface area (Å²) in [7, 11) is 3.17. The molecule has 0 saturated heterocycles. The molecular formula is C6H15NO3. The van der Waals surface area contributed by atoms with Crippen molar-refractivity contribution in [2.45, 2.75) is 13.2 Å². The number of methoxy groups -OCH3 is 2. The SMILES string of the molecule is COC(OC)C(C)CON. The van der Waals surface area contributed by atoms with E-state index in [0.29, 0.717) is 6.61 Å². The van der Waals surface area contributed by atoms with Crippen LogP contribution in [-0.2, 0) is 14.3 Å². The van der Waals surface area contributed by atoms with Gasteiger partial charge in [-0.05, 0) is 0 Å². The maximum Gasteiger partial charge on any atom is 0.161 e. The zero-order valence-electron chi connectivity index (χ0n) is 6.66. The number of rotatable bonds is 5. The van der Waals surface area contributed by atoms with E-state index < -0.39 is 0 Å². The highest BCUT2D eigenvalue weighted by Gasteiger charge is 2.14. The van der Waals surface area contributed by atoms with E-state index in [-0.39, 0.29) is 12.2 Å². The molecule has 2 N–H and O–H groups in total. The minimum Gasteiger partial charge on any atom is -0.356 e. The van der Waals surface area contributed by atoms with Gasteiger partial charge in [0.15, 0.2) is 6.29 Å². The van der Waals surface area contributed by atoms with E-state index in [0.717, 1.165) is 0 Å². The Morgan fingerprint density at radius 2 is 1.80 bits per heavy atom. The fourth-order valence-corrected chi connectivity index (χ4v) is 0.791. The van der Waals surface area contributed by atoms with Crippen molar-refractivity contribution in [3.63, 3.8) is 0 Å². The lowest BCUT2D eigenvalue weighted by Gasteiger charge is -2.19. The molecule has 0 saturated carbocycles. The molecule has 0 aromatic heterocycles. The molecule has 0 bridgehead atoms. The van der Waals surface area contributed by atoms with Gasteiger partial charge in [-0.25, -0.2) is 5.90 Å². The monoisotopic (exact) mass is 149 g/mol.